The predicted octanol–water partition coefficient (Wildman–Crippen LogP) is 1.62. The van der Waals surface area contributed by atoms with Crippen molar-refractivity contribution in [2.24, 2.45) is 0 Å². The highest BCUT2D eigenvalue weighted by molar-refractivity contribution is 5.78. The van der Waals surface area contributed by atoms with E-state index in [-0.39, 0.29) is 12.0 Å². The highest BCUT2D eigenvalue weighted by Gasteiger charge is 2.27. The minimum Gasteiger partial charge on any atom is -0.393 e. The van der Waals surface area contributed by atoms with Gasteiger partial charge in [0.15, 0.2) is 0 Å². The van der Waals surface area contributed by atoms with Gasteiger partial charge in [0.1, 0.15) is 0 Å². The SMILES string of the molecule is CC(O)CC1CCCCN1CC(=O)N1CCCCC1. The van der Waals surface area contributed by atoms with Gasteiger partial charge in [0.25, 0.3) is 0 Å². The third-order valence-corrected chi connectivity index (χ3v) is 4.41. The maximum atomic E-state index is 12.3. The number of amides is 1. The van der Waals surface area contributed by atoms with Gasteiger partial charge < -0.3 is 10.0 Å². The van der Waals surface area contributed by atoms with Crippen molar-refractivity contribution < 1.29 is 9.90 Å². The maximum Gasteiger partial charge on any atom is 0.236 e. The molecule has 0 bridgehead atoms. The number of piperidine rings is 2. The van der Waals surface area contributed by atoms with Crippen LogP contribution in [0.25, 0.3) is 0 Å². The Kier molecular flexibility index (Phi) is 5.64. The van der Waals surface area contributed by atoms with Gasteiger partial charge >= 0.3 is 0 Å². The Labute approximate surface area is 116 Å². The van der Waals surface area contributed by atoms with Crippen molar-refractivity contribution in [3.63, 3.8) is 0 Å². The van der Waals surface area contributed by atoms with E-state index in [4.69, 9.17) is 0 Å². The molecule has 2 aliphatic rings. The van der Waals surface area contributed by atoms with Gasteiger partial charge in [-0.3, -0.25) is 9.69 Å². The van der Waals surface area contributed by atoms with Gasteiger partial charge in [-0.05, 0) is 52.0 Å². The second-order valence-corrected chi connectivity index (χ2v) is 6.15. The van der Waals surface area contributed by atoms with Crippen molar-refractivity contribution in [2.45, 2.75) is 64.0 Å². The van der Waals surface area contributed by atoms with Gasteiger partial charge in [-0.2, -0.15) is 0 Å². The van der Waals surface area contributed by atoms with Crippen LogP contribution in [0.4, 0.5) is 0 Å². The molecule has 2 unspecified atom stereocenters. The quantitative estimate of drug-likeness (QED) is 0.842. The van der Waals surface area contributed by atoms with Crippen LogP contribution in [0.15, 0.2) is 0 Å². The Morgan fingerprint density at radius 3 is 2.53 bits per heavy atom. The predicted molar refractivity (Wildman–Crippen MR) is 75.9 cm³/mol. The third-order valence-electron chi connectivity index (χ3n) is 4.41. The number of rotatable bonds is 4. The van der Waals surface area contributed by atoms with E-state index in [1.165, 1.54) is 19.3 Å². The summed E-state index contributed by atoms with van der Waals surface area (Å²) in [4.78, 5) is 16.6. The normalized spacial score (nSPS) is 27.3. The van der Waals surface area contributed by atoms with Crippen molar-refractivity contribution in [1.82, 2.24) is 9.80 Å². The molecule has 19 heavy (non-hydrogen) atoms. The van der Waals surface area contributed by atoms with Crippen LogP contribution in [-0.4, -0.2) is 59.1 Å². The molecule has 2 heterocycles. The molecule has 2 fully saturated rings. The Bertz CT molecular complexity index is 288. The van der Waals surface area contributed by atoms with Crippen LogP contribution >= 0.6 is 0 Å². The minimum absolute atomic E-state index is 0.268. The fraction of sp³-hybridized carbons (Fsp3) is 0.933. The lowest BCUT2D eigenvalue weighted by Gasteiger charge is -2.37. The van der Waals surface area contributed by atoms with E-state index in [2.05, 4.69) is 4.90 Å². The second-order valence-electron chi connectivity index (χ2n) is 6.15. The summed E-state index contributed by atoms with van der Waals surface area (Å²) in [6.45, 7) is 5.29. The Morgan fingerprint density at radius 1 is 1.16 bits per heavy atom. The molecule has 1 amide bonds. The van der Waals surface area contributed by atoms with Crippen LogP contribution < -0.4 is 0 Å². The number of carbonyl (C=O) groups is 1. The van der Waals surface area contributed by atoms with Crippen LogP contribution in [0.5, 0.6) is 0 Å². The number of nitrogens with zero attached hydrogens (tertiary/aromatic N) is 2. The van der Waals surface area contributed by atoms with E-state index < -0.39 is 0 Å². The molecule has 0 aliphatic carbocycles. The zero-order valence-corrected chi connectivity index (χ0v) is 12.2. The molecule has 110 valence electrons. The summed E-state index contributed by atoms with van der Waals surface area (Å²) in [5, 5.41) is 9.58. The van der Waals surface area contributed by atoms with Crippen molar-refractivity contribution in [3.05, 3.63) is 0 Å². The number of likely N-dealkylation sites (tertiary alicyclic amines) is 2. The summed E-state index contributed by atoms with van der Waals surface area (Å²) in [7, 11) is 0. The molecule has 2 saturated heterocycles. The van der Waals surface area contributed by atoms with Gasteiger partial charge in [-0.1, -0.05) is 6.42 Å². The summed E-state index contributed by atoms with van der Waals surface area (Å²) in [6, 6.07) is 0.391. The molecule has 4 heteroatoms. The van der Waals surface area contributed by atoms with E-state index >= 15 is 0 Å². The molecule has 2 aliphatic heterocycles. The second kappa shape index (κ2) is 7.25. The molecule has 0 aromatic heterocycles. The topological polar surface area (TPSA) is 43.8 Å². The molecule has 2 atom stereocenters. The highest BCUT2D eigenvalue weighted by Crippen LogP contribution is 2.21. The molecule has 0 spiro atoms. The summed E-state index contributed by atoms with van der Waals surface area (Å²) in [5.41, 5.74) is 0. The van der Waals surface area contributed by atoms with Gasteiger partial charge in [0, 0.05) is 19.1 Å². The van der Waals surface area contributed by atoms with E-state index in [0.29, 0.717) is 12.6 Å². The summed E-state index contributed by atoms with van der Waals surface area (Å²) < 4.78 is 0. The van der Waals surface area contributed by atoms with Crippen LogP contribution in [0, 0.1) is 0 Å². The lowest BCUT2D eigenvalue weighted by atomic mass is 9.97. The standard InChI is InChI=1S/C15H28N2O2/c1-13(18)11-14-7-3-6-10-17(14)12-15(19)16-8-4-2-5-9-16/h13-14,18H,2-12H2,1H3. The average Bonchev–Trinajstić information content (AvgIpc) is 2.41. The Morgan fingerprint density at radius 2 is 1.84 bits per heavy atom. The molecule has 0 radical (unpaired) electrons. The maximum absolute atomic E-state index is 12.3. The first-order valence-corrected chi connectivity index (χ1v) is 7.86. The highest BCUT2D eigenvalue weighted by atomic mass is 16.3. The molecule has 1 N–H and O–H groups in total. The fourth-order valence-corrected chi connectivity index (χ4v) is 3.35. The van der Waals surface area contributed by atoms with Gasteiger partial charge in [0.2, 0.25) is 5.91 Å². The monoisotopic (exact) mass is 268 g/mol. The van der Waals surface area contributed by atoms with Gasteiger partial charge in [-0.15, -0.1) is 0 Å². The largest absolute Gasteiger partial charge is 0.393 e. The van der Waals surface area contributed by atoms with Crippen molar-refractivity contribution in [1.29, 1.82) is 0 Å². The van der Waals surface area contributed by atoms with Crippen molar-refractivity contribution in [3.8, 4) is 0 Å². The first-order valence-electron chi connectivity index (χ1n) is 7.86. The van der Waals surface area contributed by atoms with Crippen molar-refractivity contribution >= 4 is 5.91 Å². The van der Waals surface area contributed by atoms with Crippen LogP contribution in [0.2, 0.25) is 0 Å². The van der Waals surface area contributed by atoms with Crippen molar-refractivity contribution in [2.75, 3.05) is 26.2 Å². The molecule has 0 saturated carbocycles. The minimum atomic E-state index is -0.268. The summed E-state index contributed by atoms with van der Waals surface area (Å²) in [6.07, 6.45) is 7.64. The third kappa shape index (κ3) is 4.46. The molecule has 4 nitrogen and oxygen atoms in total. The Balaban J connectivity index is 1.85. The fourth-order valence-electron chi connectivity index (χ4n) is 3.35. The molecular formula is C15H28N2O2. The van der Waals surface area contributed by atoms with Crippen LogP contribution in [0.3, 0.4) is 0 Å². The van der Waals surface area contributed by atoms with Gasteiger partial charge in [0.05, 0.1) is 12.6 Å². The number of carbonyl (C=O) groups excluding carboxylic acids is 1. The number of hydrogen-bond donors (Lipinski definition) is 1. The summed E-state index contributed by atoms with van der Waals surface area (Å²) >= 11 is 0. The first kappa shape index (κ1) is 14.8. The first-order chi connectivity index (χ1) is 9.16. The number of aliphatic hydroxyl groups is 1. The smallest absolute Gasteiger partial charge is 0.236 e. The van der Waals surface area contributed by atoms with E-state index in [9.17, 15) is 9.90 Å². The summed E-state index contributed by atoms with van der Waals surface area (Å²) in [5.74, 6) is 0.289. The van der Waals surface area contributed by atoms with Crippen LogP contribution in [0.1, 0.15) is 51.9 Å². The van der Waals surface area contributed by atoms with E-state index in [1.807, 2.05) is 11.8 Å². The Hall–Kier alpha value is -0.610. The molecule has 0 aromatic carbocycles. The zero-order chi connectivity index (χ0) is 13.7. The molecule has 2 rings (SSSR count). The lowest BCUT2D eigenvalue weighted by molar-refractivity contribution is -0.134. The van der Waals surface area contributed by atoms with Gasteiger partial charge in [-0.25, -0.2) is 0 Å². The lowest BCUT2D eigenvalue weighted by Crippen LogP contribution is -2.48. The van der Waals surface area contributed by atoms with E-state index in [1.54, 1.807) is 0 Å². The molecular weight excluding hydrogens is 240 g/mol. The molecule has 0 aromatic rings. The number of aliphatic hydroxyl groups excluding tert-OH is 1. The van der Waals surface area contributed by atoms with E-state index in [0.717, 1.165) is 45.3 Å². The van der Waals surface area contributed by atoms with Crippen LogP contribution in [-0.2, 0) is 4.79 Å². The number of hydrogen-bond acceptors (Lipinski definition) is 3. The average molecular weight is 268 g/mol. The zero-order valence-electron chi connectivity index (χ0n) is 12.2.